The van der Waals surface area contributed by atoms with E-state index in [9.17, 15) is 4.79 Å². The zero-order chi connectivity index (χ0) is 16.6. The fourth-order valence-electron chi connectivity index (χ4n) is 1.99. The van der Waals surface area contributed by atoms with Crippen LogP contribution in [-0.2, 0) is 20.7 Å². The molecule has 0 saturated heterocycles. The molecule has 0 aromatic heterocycles. The van der Waals surface area contributed by atoms with Crippen LogP contribution in [0.5, 0.6) is 0 Å². The number of aliphatic hydroxyl groups is 1. The summed E-state index contributed by atoms with van der Waals surface area (Å²) in [4.78, 5) is 11.7. The van der Waals surface area contributed by atoms with Crippen molar-refractivity contribution in [3.05, 3.63) is 41.0 Å². The van der Waals surface area contributed by atoms with E-state index in [0.29, 0.717) is 13.2 Å². The van der Waals surface area contributed by atoms with E-state index in [2.05, 4.69) is 6.07 Å². The summed E-state index contributed by atoms with van der Waals surface area (Å²) in [6.45, 7) is 8.51. The number of carbonyl (C=O) groups excluding carboxylic acids is 1. The first kappa shape index (κ1) is 18.4. The van der Waals surface area contributed by atoms with Gasteiger partial charge in [-0.15, -0.1) is 0 Å². The second-order valence-corrected chi connectivity index (χ2v) is 6.20. The van der Waals surface area contributed by atoms with Gasteiger partial charge in [0.2, 0.25) is 0 Å². The average molecular weight is 306 g/mol. The molecule has 0 aliphatic heterocycles. The molecule has 0 aliphatic carbocycles. The van der Waals surface area contributed by atoms with Crippen molar-refractivity contribution < 1.29 is 19.4 Å². The van der Waals surface area contributed by atoms with Crippen molar-refractivity contribution in [2.45, 2.75) is 39.7 Å². The Morgan fingerprint density at radius 1 is 1.23 bits per heavy atom. The molecule has 0 bridgehead atoms. The van der Waals surface area contributed by atoms with Crippen LogP contribution in [0.3, 0.4) is 0 Å². The van der Waals surface area contributed by atoms with Gasteiger partial charge < -0.3 is 14.6 Å². The summed E-state index contributed by atoms with van der Waals surface area (Å²) in [7, 11) is 0. The molecule has 0 fully saturated rings. The third kappa shape index (κ3) is 7.96. The lowest BCUT2D eigenvalue weighted by Gasteiger charge is -2.17. The minimum absolute atomic E-state index is 0.0394. The van der Waals surface area contributed by atoms with Gasteiger partial charge in [0.25, 0.3) is 0 Å². The first-order chi connectivity index (χ1) is 10.3. The minimum Gasteiger partial charge on any atom is -0.457 e. The Kier molecular flexibility index (Phi) is 7.28. The Morgan fingerprint density at radius 3 is 2.59 bits per heavy atom. The normalized spacial score (nSPS) is 11.9. The molecule has 0 amide bonds. The summed E-state index contributed by atoms with van der Waals surface area (Å²) in [5, 5.41) is 8.68. The maximum atomic E-state index is 11.7. The fraction of sp³-hybridized carbons (Fsp3) is 0.500. The molecule has 1 aromatic rings. The van der Waals surface area contributed by atoms with Crippen LogP contribution in [-0.4, -0.2) is 36.5 Å². The van der Waals surface area contributed by atoms with Crippen LogP contribution < -0.4 is 0 Å². The molecule has 4 heteroatoms. The van der Waals surface area contributed by atoms with Crippen molar-refractivity contribution >= 4 is 12.0 Å². The quantitative estimate of drug-likeness (QED) is 0.478. The zero-order valence-corrected chi connectivity index (χ0v) is 13.9. The lowest BCUT2D eigenvalue weighted by molar-refractivity contribution is -0.148. The summed E-state index contributed by atoms with van der Waals surface area (Å²) in [5.74, 6) is -0.346. The van der Waals surface area contributed by atoms with E-state index in [1.807, 2.05) is 39.8 Å². The number of esters is 1. The van der Waals surface area contributed by atoms with Crippen LogP contribution in [0.25, 0.3) is 6.08 Å². The maximum absolute atomic E-state index is 11.7. The van der Waals surface area contributed by atoms with E-state index in [1.54, 1.807) is 6.08 Å². The summed E-state index contributed by atoms with van der Waals surface area (Å²) in [6, 6.07) is 6.13. The first-order valence-corrected chi connectivity index (χ1v) is 7.50. The van der Waals surface area contributed by atoms with Gasteiger partial charge in [0.15, 0.2) is 0 Å². The first-order valence-electron chi connectivity index (χ1n) is 7.50. The van der Waals surface area contributed by atoms with Crippen LogP contribution in [0.15, 0.2) is 24.3 Å². The van der Waals surface area contributed by atoms with E-state index < -0.39 is 5.60 Å². The van der Waals surface area contributed by atoms with E-state index in [4.69, 9.17) is 14.6 Å². The molecule has 4 nitrogen and oxygen atoms in total. The van der Waals surface area contributed by atoms with E-state index in [-0.39, 0.29) is 12.6 Å². The van der Waals surface area contributed by atoms with Crippen LogP contribution in [0.2, 0.25) is 0 Å². The van der Waals surface area contributed by atoms with E-state index in [1.165, 1.54) is 6.08 Å². The molecule has 1 aromatic carbocycles. The maximum Gasteiger partial charge on any atom is 0.331 e. The van der Waals surface area contributed by atoms with Crippen molar-refractivity contribution in [1.82, 2.24) is 0 Å². The fourth-order valence-corrected chi connectivity index (χ4v) is 1.99. The molecule has 1 rings (SSSR count). The largest absolute Gasteiger partial charge is 0.457 e. The van der Waals surface area contributed by atoms with Crippen molar-refractivity contribution in [2.24, 2.45) is 0 Å². The van der Waals surface area contributed by atoms with Crippen molar-refractivity contribution in [3.63, 3.8) is 0 Å². The number of hydrogen-bond donors (Lipinski definition) is 1. The third-order valence-corrected chi connectivity index (χ3v) is 2.75. The zero-order valence-electron chi connectivity index (χ0n) is 13.9. The lowest BCUT2D eigenvalue weighted by atomic mass is 10.0. The molecule has 0 spiro atoms. The van der Waals surface area contributed by atoms with Gasteiger partial charge in [0, 0.05) is 6.08 Å². The highest BCUT2D eigenvalue weighted by Gasteiger charge is 2.13. The Balaban J connectivity index is 2.66. The van der Waals surface area contributed by atoms with Gasteiger partial charge in [0.1, 0.15) is 5.60 Å². The highest BCUT2D eigenvalue weighted by Crippen LogP contribution is 2.13. The Labute approximate surface area is 132 Å². The van der Waals surface area contributed by atoms with Gasteiger partial charge in [-0.05, 0) is 51.3 Å². The molecule has 0 unspecified atom stereocenters. The van der Waals surface area contributed by atoms with Gasteiger partial charge in [0.05, 0.1) is 19.8 Å². The van der Waals surface area contributed by atoms with Gasteiger partial charge in [-0.3, -0.25) is 0 Å². The number of hydrogen-bond acceptors (Lipinski definition) is 4. The molecule has 122 valence electrons. The molecule has 0 heterocycles. The summed E-state index contributed by atoms with van der Waals surface area (Å²) in [6.07, 6.45) is 3.99. The Morgan fingerprint density at radius 2 is 1.95 bits per heavy atom. The molecule has 0 saturated carbocycles. The topological polar surface area (TPSA) is 55.8 Å². The molecular formula is C18H26O4. The smallest absolute Gasteiger partial charge is 0.331 e. The Hall–Kier alpha value is -1.65. The second kappa shape index (κ2) is 8.71. The number of benzene rings is 1. The second-order valence-electron chi connectivity index (χ2n) is 6.20. The lowest BCUT2D eigenvalue weighted by Crippen LogP contribution is -2.22. The van der Waals surface area contributed by atoms with Crippen molar-refractivity contribution in [2.75, 3.05) is 19.8 Å². The van der Waals surface area contributed by atoms with E-state index >= 15 is 0 Å². The molecule has 0 atom stereocenters. The van der Waals surface area contributed by atoms with Gasteiger partial charge >= 0.3 is 5.97 Å². The molecule has 0 radical (unpaired) electrons. The summed E-state index contributed by atoms with van der Waals surface area (Å²) < 4.78 is 10.5. The van der Waals surface area contributed by atoms with Crippen LogP contribution in [0, 0.1) is 6.92 Å². The molecule has 22 heavy (non-hydrogen) atoms. The number of rotatable bonds is 7. The highest BCUT2D eigenvalue weighted by molar-refractivity contribution is 5.87. The van der Waals surface area contributed by atoms with Crippen LogP contribution >= 0.6 is 0 Å². The predicted octanol–water partition coefficient (Wildman–Crippen LogP) is 2.90. The third-order valence-electron chi connectivity index (χ3n) is 2.75. The van der Waals surface area contributed by atoms with Gasteiger partial charge in [-0.25, -0.2) is 4.79 Å². The molecule has 0 aliphatic rings. The Bertz CT molecular complexity index is 512. The predicted molar refractivity (Wildman–Crippen MR) is 87.7 cm³/mol. The molecule has 1 N–H and O–H groups in total. The van der Waals surface area contributed by atoms with Crippen molar-refractivity contribution in [1.29, 1.82) is 0 Å². The highest BCUT2D eigenvalue weighted by atomic mass is 16.6. The van der Waals surface area contributed by atoms with Gasteiger partial charge in [-0.1, -0.05) is 23.8 Å². The number of aryl methyl sites for hydroxylation is 1. The monoisotopic (exact) mass is 306 g/mol. The number of ether oxygens (including phenoxy) is 2. The SMILES string of the molecule is Cc1cc(/C=C/C(=O)OC(C)(C)C)cc(CCOCCO)c1. The van der Waals surface area contributed by atoms with Crippen LogP contribution in [0.4, 0.5) is 0 Å². The summed E-state index contributed by atoms with van der Waals surface area (Å²) >= 11 is 0. The number of aliphatic hydroxyl groups excluding tert-OH is 1. The van der Waals surface area contributed by atoms with Crippen LogP contribution in [0.1, 0.15) is 37.5 Å². The number of carbonyl (C=O) groups is 1. The average Bonchev–Trinajstić information content (AvgIpc) is 2.39. The summed E-state index contributed by atoms with van der Waals surface area (Å²) in [5.41, 5.74) is 2.75. The van der Waals surface area contributed by atoms with Crippen molar-refractivity contribution in [3.8, 4) is 0 Å². The molecular weight excluding hydrogens is 280 g/mol. The minimum atomic E-state index is -0.483. The van der Waals surface area contributed by atoms with E-state index in [0.717, 1.165) is 23.1 Å². The van der Waals surface area contributed by atoms with Gasteiger partial charge in [-0.2, -0.15) is 0 Å². The standard InChI is InChI=1S/C18H26O4/c1-14-11-15(5-6-17(20)22-18(2,3)4)13-16(12-14)7-9-21-10-8-19/h5-6,11-13,19H,7-10H2,1-4H3/b6-5+.